The van der Waals surface area contributed by atoms with E-state index in [-0.39, 0.29) is 11.0 Å². The van der Waals surface area contributed by atoms with Crippen molar-refractivity contribution in [2.24, 2.45) is 0 Å². The third kappa shape index (κ3) is 5.01. The van der Waals surface area contributed by atoms with E-state index in [4.69, 9.17) is 4.74 Å². The summed E-state index contributed by atoms with van der Waals surface area (Å²) < 4.78 is 5.81. The normalized spacial score (nSPS) is 13.8. The van der Waals surface area contributed by atoms with Crippen LogP contribution in [-0.4, -0.2) is 22.4 Å². The second-order valence-corrected chi connectivity index (χ2v) is 5.44. The van der Waals surface area contributed by atoms with E-state index in [1.165, 1.54) is 11.8 Å². The maximum Gasteiger partial charge on any atom is 0.102 e. The number of hydrogen-bond acceptors (Lipinski definition) is 3. The summed E-state index contributed by atoms with van der Waals surface area (Å²) in [4.78, 5) is 0. The van der Waals surface area contributed by atoms with Gasteiger partial charge in [-0.1, -0.05) is 30.3 Å². The van der Waals surface area contributed by atoms with Crippen molar-refractivity contribution < 1.29 is 9.84 Å². The molecule has 0 aliphatic carbocycles. The maximum absolute atomic E-state index is 9.57. The molecule has 0 spiro atoms. The van der Waals surface area contributed by atoms with Gasteiger partial charge in [-0.25, -0.2) is 0 Å². The zero-order valence-electron chi connectivity index (χ0n) is 10.1. The van der Waals surface area contributed by atoms with E-state index in [0.29, 0.717) is 13.0 Å². The number of rotatable bonds is 6. The standard InChI is InChI=1S/C13H20O2S/c1-13(2,9-12(14)16-3)15-10-11-7-5-4-6-8-11/h4-8,12,14H,9-10H2,1-3H3. The first-order chi connectivity index (χ1) is 7.53. The number of aliphatic hydroxyl groups excluding tert-OH is 1. The minimum Gasteiger partial charge on any atom is -0.382 e. The molecule has 0 aromatic heterocycles. The fraction of sp³-hybridized carbons (Fsp3) is 0.538. The molecule has 1 N–H and O–H groups in total. The zero-order valence-corrected chi connectivity index (χ0v) is 11.0. The Morgan fingerprint density at radius 3 is 2.50 bits per heavy atom. The van der Waals surface area contributed by atoms with Gasteiger partial charge in [0.05, 0.1) is 12.2 Å². The Bertz CT molecular complexity index is 298. The summed E-state index contributed by atoms with van der Waals surface area (Å²) in [6.07, 6.45) is 2.54. The van der Waals surface area contributed by atoms with E-state index in [9.17, 15) is 5.11 Å². The number of ether oxygens (including phenoxy) is 1. The molecule has 0 bridgehead atoms. The number of thioether (sulfide) groups is 1. The quantitative estimate of drug-likeness (QED) is 0.775. The molecule has 0 heterocycles. The Kier molecular flexibility index (Phi) is 5.32. The van der Waals surface area contributed by atoms with Gasteiger partial charge in [0, 0.05) is 6.42 Å². The molecule has 90 valence electrons. The van der Waals surface area contributed by atoms with Crippen LogP contribution < -0.4 is 0 Å². The Morgan fingerprint density at radius 1 is 1.31 bits per heavy atom. The molecule has 0 aliphatic rings. The molecule has 1 aromatic carbocycles. The molecule has 16 heavy (non-hydrogen) atoms. The highest BCUT2D eigenvalue weighted by Crippen LogP contribution is 2.22. The maximum atomic E-state index is 9.57. The Hall–Kier alpha value is -0.510. The van der Waals surface area contributed by atoms with Crippen LogP contribution in [0.15, 0.2) is 30.3 Å². The lowest BCUT2D eigenvalue weighted by molar-refractivity contribution is -0.0473. The van der Waals surface area contributed by atoms with Gasteiger partial charge in [-0.15, -0.1) is 11.8 Å². The molecule has 0 saturated heterocycles. The van der Waals surface area contributed by atoms with Gasteiger partial charge in [0.15, 0.2) is 0 Å². The van der Waals surface area contributed by atoms with Gasteiger partial charge >= 0.3 is 0 Å². The van der Waals surface area contributed by atoms with Crippen molar-refractivity contribution in [1.29, 1.82) is 0 Å². The van der Waals surface area contributed by atoms with Crippen molar-refractivity contribution in [1.82, 2.24) is 0 Å². The topological polar surface area (TPSA) is 29.5 Å². The van der Waals surface area contributed by atoms with E-state index in [1.54, 1.807) is 0 Å². The highest BCUT2D eigenvalue weighted by molar-refractivity contribution is 7.99. The molecule has 0 fully saturated rings. The Morgan fingerprint density at radius 2 is 1.94 bits per heavy atom. The summed E-state index contributed by atoms with van der Waals surface area (Å²) in [7, 11) is 0. The molecule has 1 atom stereocenters. The summed E-state index contributed by atoms with van der Waals surface area (Å²) in [6, 6.07) is 10.1. The highest BCUT2D eigenvalue weighted by Gasteiger charge is 2.22. The molecule has 1 aromatic rings. The third-order valence-corrected chi connectivity index (χ3v) is 3.12. The highest BCUT2D eigenvalue weighted by atomic mass is 32.2. The zero-order chi connectivity index (χ0) is 12.0. The van der Waals surface area contributed by atoms with Gasteiger partial charge in [0.1, 0.15) is 5.44 Å². The lowest BCUT2D eigenvalue weighted by Crippen LogP contribution is -2.28. The molecule has 1 unspecified atom stereocenters. The minimum absolute atomic E-state index is 0.293. The minimum atomic E-state index is -0.356. The van der Waals surface area contributed by atoms with Crippen molar-refractivity contribution >= 4 is 11.8 Å². The van der Waals surface area contributed by atoms with Crippen LogP contribution in [0.4, 0.5) is 0 Å². The lowest BCUT2D eigenvalue weighted by atomic mass is 10.1. The van der Waals surface area contributed by atoms with E-state index in [0.717, 1.165) is 5.56 Å². The first-order valence-corrected chi connectivity index (χ1v) is 6.71. The summed E-state index contributed by atoms with van der Waals surface area (Å²) in [6.45, 7) is 4.61. The molecule has 1 rings (SSSR count). The summed E-state index contributed by atoms with van der Waals surface area (Å²) in [5.74, 6) is 0. The van der Waals surface area contributed by atoms with Crippen LogP contribution in [0.2, 0.25) is 0 Å². The van der Waals surface area contributed by atoms with Crippen LogP contribution in [0.25, 0.3) is 0 Å². The summed E-state index contributed by atoms with van der Waals surface area (Å²) >= 11 is 1.45. The van der Waals surface area contributed by atoms with E-state index < -0.39 is 0 Å². The van der Waals surface area contributed by atoms with Crippen LogP contribution in [-0.2, 0) is 11.3 Å². The van der Waals surface area contributed by atoms with Crippen molar-refractivity contribution in [3.8, 4) is 0 Å². The van der Waals surface area contributed by atoms with Crippen molar-refractivity contribution in [3.05, 3.63) is 35.9 Å². The number of aliphatic hydroxyl groups is 1. The van der Waals surface area contributed by atoms with Gasteiger partial charge in [0.2, 0.25) is 0 Å². The predicted molar refractivity (Wildman–Crippen MR) is 69.4 cm³/mol. The fourth-order valence-corrected chi connectivity index (χ4v) is 1.98. The van der Waals surface area contributed by atoms with Gasteiger partial charge in [0.25, 0.3) is 0 Å². The summed E-state index contributed by atoms with van der Waals surface area (Å²) in [5.41, 5.74) is 0.512. The number of benzene rings is 1. The largest absolute Gasteiger partial charge is 0.382 e. The molecule has 0 amide bonds. The van der Waals surface area contributed by atoms with E-state index in [1.807, 2.05) is 50.4 Å². The van der Waals surface area contributed by atoms with Crippen LogP contribution in [0, 0.1) is 0 Å². The van der Waals surface area contributed by atoms with Crippen molar-refractivity contribution in [2.75, 3.05) is 6.26 Å². The van der Waals surface area contributed by atoms with Gasteiger partial charge in [-0.05, 0) is 25.7 Å². The molecule has 2 nitrogen and oxygen atoms in total. The third-order valence-electron chi connectivity index (χ3n) is 2.41. The molecule has 0 aliphatic heterocycles. The van der Waals surface area contributed by atoms with Crippen molar-refractivity contribution in [2.45, 2.75) is 37.9 Å². The average molecular weight is 240 g/mol. The first kappa shape index (κ1) is 13.6. The van der Waals surface area contributed by atoms with E-state index in [2.05, 4.69) is 0 Å². The monoisotopic (exact) mass is 240 g/mol. The van der Waals surface area contributed by atoms with Crippen molar-refractivity contribution in [3.63, 3.8) is 0 Å². The van der Waals surface area contributed by atoms with Gasteiger partial charge in [-0.3, -0.25) is 0 Å². The molecule has 0 saturated carbocycles. The molecule has 0 radical (unpaired) electrons. The van der Waals surface area contributed by atoms with E-state index >= 15 is 0 Å². The van der Waals surface area contributed by atoms with Gasteiger partial charge < -0.3 is 9.84 Å². The average Bonchev–Trinajstić information content (AvgIpc) is 2.27. The molecular formula is C13H20O2S. The lowest BCUT2D eigenvalue weighted by Gasteiger charge is -2.27. The fourth-order valence-electron chi connectivity index (χ4n) is 1.42. The Labute approximate surface area is 102 Å². The summed E-state index contributed by atoms with van der Waals surface area (Å²) in [5, 5.41) is 9.57. The van der Waals surface area contributed by atoms with Crippen LogP contribution in [0.5, 0.6) is 0 Å². The predicted octanol–water partition coefficient (Wildman–Crippen LogP) is 3.05. The van der Waals surface area contributed by atoms with Gasteiger partial charge in [-0.2, -0.15) is 0 Å². The van der Waals surface area contributed by atoms with Crippen LogP contribution in [0.1, 0.15) is 25.8 Å². The van der Waals surface area contributed by atoms with Crippen LogP contribution >= 0.6 is 11.8 Å². The molecular weight excluding hydrogens is 220 g/mol. The second kappa shape index (κ2) is 6.28. The molecule has 3 heteroatoms. The first-order valence-electron chi connectivity index (χ1n) is 5.42. The number of hydrogen-bond donors (Lipinski definition) is 1. The van der Waals surface area contributed by atoms with Crippen LogP contribution in [0.3, 0.4) is 0 Å². The smallest absolute Gasteiger partial charge is 0.102 e. The second-order valence-electron chi connectivity index (χ2n) is 4.43. The Balaban J connectivity index is 2.41. The SMILES string of the molecule is CSC(O)CC(C)(C)OCc1ccccc1.